The molecule has 0 saturated heterocycles. The number of thioether (sulfide) groups is 1. The quantitative estimate of drug-likeness (QED) is 0.841. The molecule has 17 heavy (non-hydrogen) atoms. The Bertz CT molecular complexity index is 403. The topological polar surface area (TPSA) is 42.0 Å². The first-order valence-corrected chi connectivity index (χ1v) is 6.83. The van der Waals surface area contributed by atoms with Crippen molar-refractivity contribution in [3.05, 3.63) is 28.8 Å². The van der Waals surface area contributed by atoms with E-state index in [9.17, 15) is 9.18 Å². The Morgan fingerprint density at radius 3 is 3.06 bits per heavy atom. The van der Waals surface area contributed by atoms with E-state index in [-0.39, 0.29) is 10.7 Å². The van der Waals surface area contributed by atoms with Gasteiger partial charge in [-0.2, -0.15) is 11.8 Å². The molecule has 0 radical (unpaired) electrons. The lowest BCUT2D eigenvalue weighted by Crippen LogP contribution is -2.26. The first kappa shape index (κ1) is 14.3. The van der Waals surface area contributed by atoms with Crippen LogP contribution in [0.5, 0.6) is 0 Å². The van der Waals surface area contributed by atoms with Gasteiger partial charge in [0.25, 0.3) is 5.91 Å². The smallest absolute Gasteiger partial charge is 0.254 e. The van der Waals surface area contributed by atoms with E-state index in [1.165, 1.54) is 0 Å². The summed E-state index contributed by atoms with van der Waals surface area (Å²) in [5.41, 5.74) is 0.0727. The summed E-state index contributed by atoms with van der Waals surface area (Å²) in [7, 11) is 0. The predicted molar refractivity (Wildman–Crippen MR) is 69.1 cm³/mol. The number of nitrogens with one attached hydrogen (secondary N) is 1. The number of nitrogens with zero attached hydrogens (tertiary/aromatic N) is 1. The molecule has 1 N–H and O–H groups in total. The lowest BCUT2D eigenvalue weighted by molar-refractivity contribution is 0.0952. The van der Waals surface area contributed by atoms with Crippen molar-refractivity contribution < 1.29 is 9.18 Å². The molecule has 0 aliphatic rings. The fourth-order valence-electron chi connectivity index (χ4n) is 1.18. The van der Waals surface area contributed by atoms with Crippen LogP contribution in [-0.2, 0) is 0 Å². The number of rotatable bonds is 5. The maximum Gasteiger partial charge on any atom is 0.254 e. The molecule has 1 rings (SSSR count). The largest absolute Gasteiger partial charge is 0.352 e. The second-order valence-electron chi connectivity index (χ2n) is 3.58. The molecule has 1 aromatic rings. The van der Waals surface area contributed by atoms with Crippen LogP contribution in [0.15, 0.2) is 12.3 Å². The molecule has 0 bridgehead atoms. The second-order valence-corrected chi connectivity index (χ2v) is 5.22. The molecular weight excluding hydrogens is 263 g/mol. The maximum atomic E-state index is 12.9. The molecule has 6 heteroatoms. The molecule has 1 aromatic heterocycles. The van der Waals surface area contributed by atoms with E-state index in [1.54, 1.807) is 11.8 Å². The van der Waals surface area contributed by atoms with Crippen molar-refractivity contribution in [2.45, 2.75) is 18.6 Å². The Kier molecular flexibility index (Phi) is 5.71. The van der Waals surface area contributed by atoms with Crippen LogP contribution in [0.4, 0.5) is 4.39 Å². The van der Waals surface area contributed by atoms with Gasteiger partial charge in [-0.1, -0.05) is 18.5 Å². The first-order chi connectivity index (χ1) is 8.04. The molecule has 0 aliphatic heterocycles. The van der Waals surface area contributed by atoms with Crippen LogP contribution in [0.2, 0.25) is 5.15 Å². The fraction of sp³-hybridized carbons (Fsp3) is 0.455. The van der Waals surface area contributed by atoms with Gasteiger partial charge in [0.1, 0.15) is 11.0 Å². The van der Waals surface area contributed by atoms with E-state index in [2.05, 4.69) is 17.2 Å². The molecule has 1 unspecified atom stereocenters. The Morgan fingerprint density at radius 2 is 2.41 bits per heavy atom. The van der Waals surface area contributed by atoms with Crippen molar-refractivity contribution in [3.8, 4) is 0 Å². The van der Waals surface area contributed by atoms with Crippen LogP contribution in [0.3, 0.4) is 0 Å². The number of hydrogen-bond acceptors (Lipinski definition) is 3. The Morgan fingerprint density at radius 1 is 1.71 bits per heavy atom. The van der Waals surface area contributed by atoms with Gasteiger partial charge in [0.15, 0.2) is 0 Å². The van der Waals surface area contributed by atoms with E-state index < -0.39 is 11.7 Å². The van der Waals surface area contributed by atoms with Gasteiger partial charge in [-0.25, -0.2) is 9.37 Å². The van der Waals surface area contributed by atoms with E-state index in [1.807, 2.05) is 6.26 Å². The highest BCUT2D eigenvalue weighted by Crippen LogP contribution is 2.14. The van der Waals surface area contributed by atoms with Crippen LogP contribution in [0.25, 0.3) is 0 Å². The van der Waals surface area contributed by atoms with Crippen molar-refractivity contribution in [1.82, 2.24) is 10.3 Å². The molecule has 3 nitrogen and oxygen atoms in total. The van der Waals surface area contributed by atoms with Gasteiger partial charge in [-0.3, -0.25) is 4.79 Å². The van der Waals surface area contributed by atoms with Crippen LogP contribution in [0.1, 0.15) is 23.7 Å². The summed E-state index contributed by atoms with van der Waals surface area (Å²) in [6.07, 6.45) is 3.85. The minimum absolute atomic E-state index is 0.0156. The highest BCUT2D eigenvalue weighted by Gasteiger charge is 2.12. The highest BCUT2D eigenvalue weighted by molar-refractivity contribution is 7.99. The normalized spacial score (nSPS) is 12.2. The lowest BCUT2D eigenvalue weighted by atomic mass is 10.2. The van der Waals surface area contributed by atoms with Crippen molar-refractivity contribution >= 4 is 29.3 Å². The molecule has 1 heterocycles. The minimum atomic E-state index is -0.572. The third kappa shape index (κ3) is 4.52. The number of halogens is 2. The average molecular weight is 277 g/mol. The predicted octanol–water partition coefficient (Wildman–Crippen LogP) is 2.75. The van der Waals surface area contributed by atoms with Crippen molar-refractivity contribution in [3.63, 3.8) is 0 Å². The van der Waals surface area contributed by atoms with Gasteiger partial charge in [0.05, 0.1) is 11.8 Å². The van der Waals surface area contributed by atoms with Crippen LogP contribution >= 0.6 is 23.4 Å². The molecule has 0 spiro atoms. The molecular formula is C11H14ClFN2OS. The number of aromatic nitrogens is 1. The maximum absolute atomic E-state index is 12.9. The summed E-state index contributed by atoms with van der Waals surface area (Å²) >= 11 is 7.45. The van der Waals surface area contributed by atoms with E-state index in [0.717, 1.165) is 18.7 Å². The minimum Gasteiger partial charge on any atom is -0.352 e. The van der Waals surface area contributed by atoms with Gasteiger partial charge in [0.2, 0.25) is 0 Å². The standard InChI is InChI=1S/C11H14ClFN2OS/c1-7(17-2)3-4-14-11(16)9-5-8(13)6-15-10(9)12/h5-7H,3-4H2,1-2H3,(H,14,16). The number of carbonyl (C=O) groups excluding carboxylic acids is 1. The van der Waals surface area contributed by atoms with E-state index in [0.29, 0.717) is 11.8 Å². The van der Waals surface area contributed by atoms with Crippen molar-refractivity contribution in [2.75, 3.05) is 12.8 Å². The van der Waals surface area contributed by atoms with Crippen LogP contribution in [-0.4, -0.2) is 28.9 Å². The number of carbonyl (C=O) groups is 1. The summed E-state index contributed by atoms with van der Waals surface area (Å²) in [6.45, 7) is 2.61. The first-order valence-electron chi connectivity index (χ1n) is 5.16. The summed E-state index contributed by atoms with van der Waals surface area (Å²) in [5, 5.41) is 3.17. The summed E-state index contributed by atoms with van der Waals surface area (Å²) in [4.78, 5) is 15.3. The number of pyridine rings is 1. The molecule has 0 saturated carbocycles. The monoisotopic (exact) mass is 276 g/mol. The fourth-order valence-corrected chi connectivity index (χ4v) is 1.73. The number of hydrogen-bond donors (Lipinski definition) is 1. The molecule has 1 amide bonds. The zero-order chi connectivity index (χ0) is 12.8. The second kappa shape index (κ2) is 6.81. The third-order valence-electron chi connectivity index (χ3n) is 2.29. The van der Waals surface area contributed by atoms with Gasteiger partial charge < -0.3 is 5.32 Å². The van der Waals surface area contributed by atoms with Gasteiger partial charge in [-0.15, -0.1) is 0 Å². The van der Waals surface area contributed by atoms with Crippen molar-refractivity contribution in [2.24, 2.45) is 0 Å². The zero-order valence-corrected chi connectivity index (χ0v) is 11.2. The Labute approximate surface area is 109 Å². The molecule has 0 aliphatic carbocycles. The van der Waals surface area contributed by atoms with Gasteiger partial charge >= 0.3 is 0 Å². The van der Waals surface area contributed by atoms with E-state index in [4.69, 9.17) is 11.6 Å². The third-order valence-corrected chi connectivity index (χ3v) is 3.63. The Hall–Kier alpha value is -0.810. The summed E-state index contributed by atoms with van der Waals surface area (Å²) in [6, 6.07) is 1.09. The molecule has 0 aromatic carbocycles. The molecule has 0 fully saturated rings. The van der Waals surface area contributed by atoms with Crippen LogP contribution in [0, 0.1) is 5.82 Å². The molecule has 1 atom stereocenters. The zero-order valence-electron chi connectivity index (χ0n) is 9.67. The average Bonchev–Trinajstić information content (AvgIpc) is 2.31. The number of amides is 1. The van der Waals surface area contributed by atoms with Gasteiger partial charge in [-0.05, 0) is 18.7 Å². The Balaban J connectivity index is 2.55. The SMILES string of the molecule is CSC(C)CCNC(=O)c1cc(F)cnc1Cl. The van der Waals surface area contributed by atoms with Crippen molar-refractivity contribution in [1.29, 1.82) is 0 Å². The molecule has 94 valence electrons. The summed E-state index contributed by atoms with van der Waals surface area (Å²) in [5.74, 6) is -0.965. The van der Waals surface area contributed by atoms with Crippen LogP contribution < -0.4 is 5.32 Å². The highest BCUT2D eigenvalue weighted by atomic mass is 35.5. The van der Waals surface area contributed by atoms with Gasteiger partial charge in [0, 0.05) is 11.8 Å². The van der Waals surface area contributed by atoms with E-state index >= 15 is 0 Å². The lowest BCUT2D eigenvalue weighted by Gasteiger charge is -2.09. The summed E-state index contributed by atoms with van der Waals surface area (Å²) < 4.78 is 12.9.